The van der Waals surface area contributed by atoms with Gasteiger partial charge >= 0.3 is 0 Å². The molecule has 0 aromatic heterocycles. The van der Waals surface area contributed by atoms with Gasteiger partial charge in [0.05, 0.1) is 19.8 Å². The minimum Gasteiger partial charge on any atom is -0.497 e. The van der Waals surface area contributed by atoms with Crippen LogP contribution in [0.1, 0.15) is 30.6 Å². The highest BCUT2D eigenvalue weighted by Crippen LogP contribution is 2.25. The monoisotopic (exact) mass is 334 g/mol. The Morgan fingerprint density at radius 2 is 1.67 bits per heavy atom. The summed E-state index contributed by atoms with van der Waals surface area (Å²) in [4.78, 5) is 28.7. The second kappa shape index (κ2) is 8.04. The average Bonchev–Trinajstić information content (AvgIpc) is 2.85. The van der Waals surface area contributed by atoms with E-state index >= 15 is 0 Å². The van der Waals surface area contributed by atoms with Crippen molar-refractivity contribution >= 4 is 11.8 Å². The first-order valence-corrected chi connectivity index (χ1v) is 8.28. The highest BCUT2D eigenvalue weighted by molar-refractivity contribution is 5.97. The maximum atomic E-state index is 12.9. The number of hydrogen-bond donors (Lipinski definition) is 0. The Hall–Kier alpha value is -2.24. The predicted molar refractivity (Wildman–Crippen MR) is 91.5 cm³/mol. The minimum absolute atomic E-state index is 0.0225. The van der Waals surface area contributed by atoms with Crippen molar-refractivity contribution in [2.75, 3.05) is 40.4 Å². The largest absolute Gasteiger partial charge is 0.497 e. The number of carbonyl (C=O) groups excluding carboxylic acids is 2. The molecule has 0 saturated carbocycles. The summed E-state index contributed by atoms with van der Waals surface area (Å²) in [7, 11) is 3.11. The predicted octanol–water partition coefficient (Wildman–Crippen LogP) is 2.03. The summed E-state index contributed by atoms with van der Waals surface area (Å²) in [6, 6.07) is 5.20. The molecule has 1 aliphatic rings. The Balaban J connectivity index is 2.14. The third-order valence-electron chi connectivity index (χ3n) is 4.23. The van der Waals surface area contributed by atoms with E-state index in [-0.39, 0.29) is 17.7 Å². The first-order chi connectivity index (χ1) is 11.5. The number of hydrogen-bond acceptors (Lipinski definition) is 4. The van der Waals surface area contributed by atoms with Crippen molar-refractivity contribution in [2.45, 2.75) is 20.3 Å². The van der Waals surface area contributed by atoms with Gasteiger partial charge in [0, 0.05) is 32.1 Å². The first kappa shape index (κ1) is 18.1. The molecular weight excluding hydrogens is 308 g/mol. The molecule has 24 heavy (non-hydrogen) atoms. The summed E-state index contributed by atoms with van der Waals surface area (Å²) < 4.78 is 10.5. The van der Waals surface area contributed by atoms with Crippen molar-refractivity contribution in [1.82, 2.24) is 9.80 Å². The van der Waals surface area contributed by atoms with Crippen molar-refractivity contribution in [1.29, 1.82) is 0 Å². The van der Waals surface area contributed by atoms with Gasteiger partial charge in [0.2, 0.25) is 5.91 Å². The SMILES string of the molecule is COc1ccc(OC)c(C(=O)N2CCCN(C(=O)C(C)C)CC2)c1. The van der Waals surface area contributed by atoms with Gasteiger partial charge in [-0.05, 0) is 24.6 Å². The number of nitrogens with zero attached hydrogens (tertiary/aromatic N) is 2. The van der Waals surface area contributed by atoms with Gasteiger partial charge in [-0.25, -0.2) is 0 Å². The average molecular weight is 334 g/mol. The molecule has 132 valence electrons. The minimum atomic E-state index is -0.0930. The molecular formula is C18H26N2O4. The van der Waals surface area contributed by atoms with Crippen LogP contribution in [0.5, 0.6) is 11.5 Å². The number of ether oxygens (including phenoxy) is 2. The third-order valence-corrected chi connectivity index (χ3v) is 4.23. The highest BCUT2D eigenvalue weighted by Gasteiger charge is 2.25. The molecule has 1 aliphatic heterocycles. The normalized spacial score (nSPS) is 15.2. The highest BCUT2D eigenvalue weighted by atomic mass is 16.5. The molecule has 1 aromatic carbocycles. The summed E-state index contributed by atoms with van der Waals surface area (Å²) in [5.41, 5.74) is 0.487. The van der Waals surface area contributed by atoms with E-state index in [9.17, 15) is 9.59 Å². The van der Waals surface area contributed by atoms with Gasteiger partial charge in [-0.2, -0.15) is 0 Å². The lowest BCUT2D eigenvalue weighted by atomic mass is 10.1. The lowest BCUT2D eigenvalue weighted by Crippen LogP contribution is -2.39. The van der Waals surface area contributed by atoms with E-state index < -0.39 is 0 Å². The molecule has 0 aliphatic carbocycles. The molecule has 0 atom stereocenters. The molecule has 6 nitrogen and oxygen atoms in total. The molecule has 2 amide bonds. The lowest BCUT2D eigenvalue weighted by Gasteiger charge is -2.24. The van der Waals surface area contributed by atoms with Gasteiger partial charge < -0.3 is 19.3 Å². The topological polar surface area (TPSA) is 59.1 Å². The van der Waals surface area contributed by atoms with Crippen molar-refractivity contribution in [3.8, 4) is 11.5 Å². The van der Waals surface area contributed by atoms with Gasteiger partial charge in [-0.1, -0.05) is 13.8 Å². The summed E-state index contributed by atoms with van der Waals surface area (Å²) in [5, 5.41) is 0. The van der Waals surface area contributed by atoms with E-state index in [4.69, 9.17) is 9.47 Å². The van der Waals surface area contributed by atoms with Crippen LogP contribution in [0, 0.1) is 5.92 Å². The Morgan fingerprint density at radius 1 is 1.00 bits per heavy atom. The Morgan fingerprint density at radius 3 is 2.29 bits per heavy atom. The van der Waals surface area contributed by atoms with E-state index in [1.54, 1.807) is 37.3 Å². The van der Waals surface area contributed by atoms with Crippen LogP contribution in [0.2, 0.25) is 0 Å². The maximum Gasteiger partial charge on any atom is 0.257 e. The van der Waals surface area contributed by atoms with E-state index in [0.717, 1.165) is 6.42 Å². The number of rotatable bonds is 4. The van der Waals surface area contributed by atoms with Gasteiger partial charge in [0.15, 0.2) is 0 Å². The maximum absolute atomic E-state index is 12.9. The van der Waals surface area contributed by atoms with Gasteiger partial charge in [-0.15, -0.1) is 0 Å². The van der Waals surface area contributed by atoms with Crippen LogP contribution >= 0.6 is 0 Å². The first-order valence-electron chi connectivity index (χ1n) is 8.28. The zero-order valence-corrected chi connectivity index (χ0v) is 14.9. The molecule has 0 bridgehead atoms. The van der Waals surface area contributed by atoms with Crippen LogP contribution in [0.15, 0.2) is 18.2 Å². The van der Waals surface area contributed by atoms with E-state index in [1.807, 2.05) is 18.7 Å². The summed E-state index contributed by atoms with van der Waals surface area (Å²) in [5.74, 6) is 1.17. The fourth-order valence-corrected chi connectivity index (χ4v) is 2.86. The molecule has 1 saturated heterocycles. The second-order valence-corrected chi connectivity index (χ2v) is 6.19. The molecule has 1 aromatic rings. The lowest BCUT2D eigenvalue weighted by molar-refractivity contribution is -0.134. The summed E-state index contributed by atoms with van der Waals surface area (Å²) >= 11 is 0. The fraction of sp³-hybridized carbons (Fsp3) is 0.556. The zero-order chi connectivity index (χ0) is 17.7. The number of methoxy groups -OCH3 is 2. The molecule has 0 spiro atoms. The summed E-state index contributed by atoms with van der Waals surface area (Å²) in [6.07, 6.45) is 0.774. The smallest absolute Gasteiger partial charge is 0.257 e. The van der Waals surface area contributed by atoms with Gasteiger partial charge in [-0.3, -0.25) is 9.59 Å². The quantitative estimate of drug-likeness (QED) is 0.845. The Kier molecular flexibility index (Phi) is 6.06. The van der Waals surface area contributed by atoms with Crippen molar-refractivity contribution in [3.05, 3.63) is 23.8 Å². The number of carbonyl (C=O) groups is 2. The van der Waals surface area contributed by atoms with Crippen LogP contribution in [-0.4, -0.2) is 62.0 Å². The summed E-state index contributed by atoms with van der Waals surface area (Å²) in [6.45, 7) is 6.21. The van der Waals surface area contributed by atoms with Gasteiger partial charge in [0.1, 0.15) is 11.5 Å². The molecule has 0 N–H and O–H groups in total. The molecule has 1 fully saturated rings. The standard InChI is InChI=1S/C18H26N2O4/c1-13(2)17(21)19-8-5-9-20(11-10-19)18(22)15-12-14(23-3)6-7-16(15)24-4/h6-7,12-13H,5,8-11H2,1-4H3. The zero-order valence-electron chi connectivity index (χ0n) is 14.9. The number of benzene rings is 1. The fourth-order valence-electron chi connectivity index (χ4n) is 2.86. The third kappa shape index (κ3) is 3.99. The second-order valence-electron chi connectivity index (χ2n) is 6.19. The Labute approximate surface area is 143 Å². The van der Waals surface area contributed by atoms with Crippen molar-refractivity contribution < 1.29 is 19.1 Å². The molecule has 2 rings (SSSR count). The molecule has 6 heteroatoms. The van der Waals surface area contributed by atoms with Gasteiger partial charge in [0.25, 0.3) is 5.91 Å². The van der Waals surface area contributed by atoms with E-state index in [2.05, 4.69) is 0 Å². The molecule has 0 radical (unpaired) electrons. The van der Waals surface area contributed by atoms with Crippen LogP contribution < -0.4 is 9.47 Å². The molecule has 1 heterocycles. The Bertz CT molecular complexity index is 601. The number of amides is 2. The van der Waals surface area contributed by atoms with Crippen molar-refractivity contribution in [2.24, 2.45) is 5.92 Å². The van der Waals surface area contributed by atoms with E-state index in [1.165, 1.54) is 0 Å². The van der Waals surface area contributed by atoms with Crippen LogP contribution in [0.3, 0.4) is 0 Å². The van der Waals surface area contributed by atoms with E-state index in [0.29, 0.717) is 43.2 Å². The molecule has 0 unspecified atom stereocenters. The van der Waals surface area contributed by atoms with Crippen LogP contribution in [0.25, 0.3) is 0 Å². The van der Waals surface area contributed by atoms with Crippen LogP contribution in [-0.2, 0) is 4.79 Å². The van der Waals surface area contributed by atoms with Crippen molar-refractivity contribution in [3.63, 3.8) is 0 Å². The van der Waals surface area contributed by atoms with Crippen LogP contribution in [0.4, 0.5) is 0 Å².